The third kappa shape index (κ3) is 4.37. The summed E-state index contributed by atoms with van der Waals surface area (Å²) in [5.74, 6) is 1.86. The molecular formula is C29H27ClN6O3. The Morgan fingerprint density at radius 3 is 2.64 bits per heavy atom. The normalized spacial score (nSPS) is 16.1. The van der Waals surface area contributed by atoms with Crippen molar-refractivity contribution in [2.75, 3.05) is 50.2 Å². The summed E-state index contributed by atoms with van der Waals surface area (Å²) >= 11 is 6.44. The standard InChI is InChI=1S/C29H27ClN6O3/c1-34-10-12-35(13-11-34)26-9-7-23(30)27(33-26)29(37)32-20-5-4-18-2-3-19-16-31-36(28(19)22(18)14-20)21-6-8-24-25(15-21)39-17-38-24/h4-9,14-16H,2-3,10-13,17H2,1H3,(H,32,37). The monoisotopic (exact) mass is 542 g/mol. The summed E-state index contributed by atoms with van der Waals surface area (Å²) in [6.45, 7) is 3.84. The van der Waals surface area contributed by atoms with Gasteiger partial charge in [0.2, 0.25) is 6.79 Å². The number of fused-ring (bicyclic) bond motifs is 4. The molecule has 0 bridgehead atoms. The maximum absolute atomic E-state index is 13.4. The van der Waals surface area contributed by atoms with E-state index in [0.717, 1.165) is 73.1 Å². The minimum atomic E-state index is -0.337. The van der Waals surface area contributed by atoms with Crippen molar-refractivity contribution in [2.45, 2.75) is 12.8 Å². The van der Waals surface area contributed by atoms with Crippen LogP contribution in [0.5, 0.6) is 11.5 Å². The quantitative estimate of drug-likeness (QED) is 0.408. The average Bonchev–Trinajstić information content (AvgIpc) is 3.61. The number of piperazine rings is 1. The van der Waals surface area contributed by atoms with Gasteiger partial charge in [0.05, 0.1) is 22.6 Å². The van der Waals surface area contributed by atoms with Gasteiger partial charge < -0.3 is 24.6 Å². The van der Waals surface area contributed by atoms with Crippen LogP contribution in [0.15, 0.2) is 54.7 Å². The fourth-order valence-corrected chi connectivity index (χ4v) is 5.61. The van der Waals surface area contributed by atoms with E-state index in [4.69, 9.17) is 26.2 Å². The van der Waals surface area contributed by atoms with E-state index in [-0.39, 0.29) is 18.4 Å². The van der Waals surface area contributed by atoms with Gasteiger partial charge >= 0.3 is 0 Å². The lowest BCUT2D eigenvalue weighted by atomic mass is 9.90. The summed E-state index contributed by atoms with van der Waals surface area (Å²) < 4.78 is 13.0. The van der Waals surface area contributed by atoms with Gasteiger partial charge in [0.1, 0.15) is 11.5 Å². The van der Waals surface area contributed by atoms with Gasteiger partial charge in [-0.3, -0.25) is 4.79 Å². The highest BCUT2D eigenvalue weighted by Crippen LogP contribution is 2.39. The van der Waals surface area contributed by atoms with Gasteiger partial charge in [0, 0.05) is 43.5 Å². The molecule has 0 atom stereocenters. The highest BCUT2D eigenvalue weighted by molar-refractivity contribution is 6.34. The molecule has 0 unspecified atom stereocenters. The minimum Gasteiger partial charge on any atom is -0.454 e. The van der Waals surface area contributed by atoms with Crippen molar-refractivity contribution in [3.63, 3.8) is 0 Å². The number of benzene rings is 2. The summed E-state index contributed by atoms with van der Waals surface area (Å²) in [5, 5.41) is 8.05. The molecule has 1 fully saturated rings. The molecule has 10 heteroatoms. The molecular weight excluding hydrogens is 516 g/mol. The first kappa shape index (κ1) is 24.0. The van der Waals surface area contributed by atoms with Crippen LogP contribution in [0.25, 0.3) is 16.9 Å². The van der Waals surface area contributed by atoms with Crippen LogP contribution < -0.4 is 19.7 Å². The number of anilines is 2. The number of ether oxygens (including phenoxy) is 2. The molecule has 1 N–H and O–H groups in total. The predicted octanol–water partition coefficient (Wildman–Crippen LogP) is 4.42. The number of halogens is 1. The zero-order valence-electron chi connectivity index (χ0n) is 21.5. The molecule has 2 aromatic heterocycles. The van der Waals surface area contributed by atoms with Crippen molar-refractivity contribution in [3.05, 3.63) is 76.6 Å². The molecule has 1 amide bonds. The second kappa shape index (κ2) is 9.59. The van der Waals surface area contributed by atoms with Crippen molar-refractivity contribution in [2.24, 2.45) is 0 Å². The van der Waals surface area contributed by atoms with E-state index in [1.165, 1.54) is 5.56 Å². The molecule has 4 aromatic rings. The zero-order valence-corrected chi connectivity index (χ0v) is 22.2. The van der Waals surface area contributed by atoms with Crippen molar-refractivity contribution < 1.29 is 14.3 Å². The van der Waals surface area contributed by atoms with Gasteiger partial charge in [-0.05, 0) is 67.4 Å². The number of likely N-dealkylation sites (N-methyl/N-ethyl adjacent to an activating group) is 1. The van der Waals surface area contributed by atoms with Gasteiger partial charge in [0.25, 0.3) is 5.91 Å². The van der Waals surface area contributed by atoms with Crippen LogP contribution in [-0.4, -0.2) is 65.6 Å². The Kier molecular flexibility index (Phi) is 5.90. The molecule has 7 rings (SSSR count). The number of rotatable bonds is 4. The van der Waals surface area contributed by atoms with Crippen molar-refractivity contribution >= 4 is 29.0 Å². The zero-order chi connectivity index (χ0) is 26.5. The van der Waals surface area contributed by atoms with E-state index in [1.54, 1.807) is 6.07 Å². The Morgan fingerprint density at radius 2 is 1.77 bits per heavy atom. The van der Waals surface area contributed by atoms with E-state index in [0.29, 0.717) is 16.5 Å². The SMILES string of the molecule is CN1CCN(c2ccc(Cl)c(C(=O)Nc3ccc4c(c3)-c3c(cnn3-c3ccc5c(c3)OCO5)CC4)n2)CC1. The Hall–Kier alpha value is -4.08. The molecule has 1 saturated heterocycles. The number of carbonyl (C=O) groups is 1. The molecule has 0 radical (unpaired) electrons. The molecule has 0 spiro atoms. The van der Waals surface area contributed by atoms with Crippen LogP contribution in [0.4, 0.5) is 11.5 Å². The van der Waals surface area contributed by atoms with Gasteiger partial charge in [0.15, 0.2) is 11.5 Å². The summed E-state index contributed by atoms with van der Waals surface area (Å²) in [5.41, 5.74) is 6.20. The summed E-state index contributed by atoms with van der Waals surface area (Å²) in [4.78, 5) is 22.5. The molecule has 0 saturated carbocycles. The largest absolute Gasteiger partial charge is 0.454 e. The third-order valence-electron chi connectivity index (χ3n) is 7.61. The van der Waals surface area contributed by atoms with E-state index in [9.17, 15) is 4.79 Å². The number of amides is 1. The van der Waals surface area contributed by atoms with Crippen LogP contribution in [0.1, 0.15) is 21.6 Å². The lowest BCUT2D eigenvalue weighted by Crippen LogP contribution is -2.44. The van der Waals surface area contributed by atoms with Crippen molar-refractivity contribution in [3.8, 4) is 28.4 Å². The van der Waals surface area contributed by atoms with E-state index < -0.39 is 0 Å². The second-order valence-electron chi connectivity index (χ2n) is 10.1. The van der Waals surface area contributed by atoms with Gasteiger partial charge in [-0.15, -0.1) is 0 Å². The number of hydrogen-bond acceptors (Lipinski definition) is 7. The lowest BCUT2D eigenvalue weighted by Gasteiger charge is -2.33. The Labute approximate surface area is 230 Å². The number of nitrogens with zero attached hydrogens (tertiary/aromatic N) is 5. The van der Waals surface area contributed by atoms with Gasteiger partial charge in [-0.2, -0.15) is 5.10 Å². The van der Waals surface area contributed by atoms with E-state index in [1.807, 2.05) is 47.3 Å². The predicted molar refractivity (Wildman–Crippen MR) is 149 cm³/mol. The van der Waals surface area contributed by atoms with E-state index in [2.05, 4.69) is 33.2 Å². The Balaban J connectivity index is 1.18. The highest BCUT2D eigenvalue weighted by Gasteiger charge is 2.25. The first-order valence-corrected chi connectivity index (χ1v) is 13.4. The summed E-state index contributed by atoms with van der Waals surface area (Å²) in [7, 11) is 2.11. The van der Waals surface area contributed by atoms with Gasteiger partial charge in [-0.1, -0.05) is 17.7 Å². The molecule has 39 heavy (non-hydrogen) atoms. The lowest BCUT2D eigenvalue weighted by molar-refractivity contribution is 0.102. The van der Waals surface area contributed by atoms with Gasteiger partial charge in [-0.25, -0.2) is 9.67 Å². The van der Waals surface area contributed by atoms with Crippen LogP contribution in [0.3, 0.4) is 0 Å². The fourth-order valence-electron chi connectivity index (χ4n) is 5.42. The average molecular weight is 543 g/mol. The van der Waals surface area contributed by atoms with Crippen molar-refractivity contribution in [1.82, 2.24) is 19.7 Å². The minimum absolute atomic E-state index is 0.219. The van der Waals surface area contributed by atoms with Crippen LogP contribution >= 0.6 is 11.6 Å². The number of aryl methyl sites for hydroxylation is 2. The Bertz CT molecular complexity index is 1590. The first-order valence-electron chi connectivity index (χ1n) is 13.0. The maximum Gasteiger partial charge on any atom is 0.275 e. The number of carbonyl (C=O) groups excluding carboxylic acids is 1. The summed E-state index contributed by atoms with van der Waals surface area (Å²) in [6, 6.07) is 15.5. The molecule has 2 aromatic carbocycles. The maximum atomic E-state index is 13.4. The number of pyridine rings is 1. The van der Waals surface area contributed by atoms with E-state index >= 15 is 0 Å². The Morgan fingerprint density at radius 1 is 0.949 bits per heavy atom. The number of aromatic nitrogens is 3. The van der Waals surface area contributed by atoms with Crippen LogP contribution in [0.2, 0.25) is 5.02 Å². The number of hydrogen-bond donors (Lipinski definition) is 1. The first-order chi connectivity index (χ1) is 19.0. The number of nitrogens with one attached hydrogen (secondary N) is 1. The smallest absolute Gasteiger partial charge is 0.275 e. The van der Waals surface area contributed by atoms with Crippen LogP contribution in [0, 0.1) is 0 Å². The molecule has 198 valence electrons. The second-order valence-corrected chi connectivity index (χ2v) is 10.5. The highest BCUT2D eigenvalue weighted by atomic mass is 35.5. The summed E-state index contributed by atoms with van der Waals surface area (Å²) in [6.07, 6.45) is 3.72. The molecule has 3 aliphatic rings. The topological polar surface area (TPSA) is 84.8 Å². The molecule has 4 heterocycles. The fraction of sp³-hybridized carbons (Fsp3) is 0.276. The molecule has 9 nitrogen and oxygen atoms in total. The van der Waals surface area contributed by atoms with Crippen molar-refractivity contribution in [1.29, 1.82) is 0 Å². The molecule has 1 aliphatic carbocycles. The van der Waals surface area contributed by atoms with Crippen LogP contribution in [-0.2, 0) is 12.8 Å². The third-order valence-corrected chi connectivity index (χ3v) is 7.91. The molecule has 2 aliphatic heterocycles.